The molecular formula is C17H14F3N3O6S2. The van der Waals surface area contributed by atoms with Crippen LogP contribution in [0.4, 0.5) is 18.5 Å². The Hall–Kier alpha value is -3.26. The molecule has 0 saturated carbocycles. The SMILES string of the molecule is CS(=O)(=O)Nc1cc(-c2cc(F)c(COc3ccc(OS(=O)(=O)F)cc3)c(F)c2)[nH]n1. The van der Waals surface area contributed by atoms with E-state index in [0.29, 0.717) is 0 Å². The number of halogens is 3. The summed E-state index contributed by atoms with van der Waals surface area (Å²) >= 11 is 0. The summed E-state index contributed by atoms with van der Waals surface area (Å²) in [7, 11) is -8.74. The highest BCUT2D eigenvalue weighted by Gasteiger charge is 2.16. The minimum Gasteiger partial charge on any atom is -0.489 e. The van der Waals surface area contributed by atoms with Crippen molar-refractivity contribution in [3.05, 3.63) is 59.7 Å². The minimum absolute atomic E-state index is 0.0429. The van der Waals surface area contributed by atoms with Gasteiger partial charge in [-0.15, -0.1) is 0 Å². The Morgan fingerprint density at radius 1 is 1.00 bits per heavy atom. The number of hydrogen-bond acceptors (Lipinski definition) is 7. The fourth-order valence-electron chi connectivity index (χ4n) is 2.47. The van der Waals surface area contributed by atoms with Crippen molar-refractivity contribution in [2.24, 2.45) is 0 Å². The first-order valence-electron chi connectivity index (χ1n) is 8.28. The third-order valence-electron chi connectivity index (χ3n) is 3.72. The first-order chi connectivity index (χ1) is 14.4. The molecular weight excluding hydrogens is 463 g/mol. The molecule has 0 aliphatic rings. The Labute approximate surface area is 175 Å². The lowest BCUT2D eigenvalue weighted by molar-refractivity contribution is 0.292. The van der Waals surface area contributed by atoms with E-state index >= 15 is 0 Å². The molecule has 1 heterocycles. The van der Waals surface area contributed by atoms with Crippen LogP contribution in [-0.2, 0) is 27.1 Å². The van der Waals surface area contributed by atoms with Crippen LogP contribution in [-0.4, -0.2) is 33.3 Å². The van der Waals surface area contributed by atoms with Gasteiger partial charge in [0.2, 0.25) is 10.0 Å². The molecule has 0 radical (unpaired) electrons. The summed E-state index contributed by atoms with van der Waals surface area (Å²) in [5.41, 5.74) is -0.124. The summed E-state index contributed by atoms with van der Waals surface area (Å²) in [5, 5.41) is 6.18. The molecule has 31 heavy (non-hydrogen) atoms. The van der Waals surface area contributed by atoms with Crippen LogP contribution in [0, 0.1) is 11.6 Å². The summed E-state index contributed by atoms with van der Waals surface area (Å²) in [6.45, 7) is -0.497. The number of rotatable bonds is 8. The Kier molecular flexibility index (Phi) is 6.13. The molecule has 0 unspecified atom stereocenters. The number of H-pyrrole nitrogens is 1. The average molecular weight is 477 g/mol. The molecule has 2 aromatic carbocycles. The largest absolute Gasteiger partial charge is 0.489 e. The predicted molar refractivity (Wildman–Crippen MR) is 104 cm³/mol. The van der Waals surface area contributed by atoms with E-state index in [4.69, 9.17) is 4.74 Å². The van der Waals surface area contributed by atoms with Gasteiger partial charge in [0.05, 0.1) is 17.5 Å². The maximum absolute atomic E-state index is 14.4. The second kappa shape index (κ2) is 8.47. The third kappa shape index (κ3) is 6.36. The topological polar surface area (TPSA) is 127 Å². The van der Waals surface area contributed by atoms with Crippen molar-refractivity contribution in [1.29, 1.82) is 0 Å². The smallest absolute Gasteiger partial charge is 0.488 e. The van der Waals surface area contributed by atoms with Gasteiger partial charge >= 0.3 is 10.5 Å². The van der Waals surface area contributed by atoms with Crippen molar-refractivity contribution in [3.8, 4) is 22.8 Å². The number of nitrogens with zero attached hydrogens (tertiary/aromatic N) is 1. The van der Waals surface area contributed by atoms with Gasteiger partial charge in [0.1, 0.15) is 29.7 Å². The molecule has 0 amide bonds. The number of nitrogens with one attached hydrogen (secondary N) is 2. The van der Waals surface area contributed by atoms with E-state index < -0.39 is 38.8 Å². The maximum Gasteiger partial charge on any atom is 0.488 e. The zero-order chi connectivity index (χ0) is 22.8. The van der Waals surface area contributed by atoms with Crippen LogP contribution in [0.1, 0.15) is 5.56 Å². The quantitative estimate of drug-likeness (QED) is 0.478. The molecule has 0 spiro atoms. The number of benzene rings is 2. The molecule has 14 heteroatoms. The molecule has 3 rings (SSSR count). The van der Waals surface area contributed by atoms with Gasteiger partial charge in [-0.2, -0.15) is 13.5 Å². The van der Waals surface area contributed by atoms with Gasteiger partial charge in [0.15, 0.2) is 5.82 Å². The molecule has 1 aromatic heterocycles. The Balaban J connectivity index is 1.72. The highest BCUT2D eigenvalue weighted by atomic mass is 32.3. The number of ether oxygens (including phenoxy) is 1. The van der Waals surface area contributed by atoms with E-state index in [1.54, 1.807) is 0 Å². The molecule has 9 nitrogen and oxygen atoms in total. The predicted octanol–water partition coefficient (Wildman–Crippen LogP) is 2.90. The van der Waals surface area contributed by atoms with Crippen molar-refractivity contribution >= 4 is 26.3 Å². The first-order valence-corrected chi connectivity index (χ1v) is 11.5. The van der Waals surface area contributed by atoms with E-state index in [9.17, 15) is 29.5 Å². The van der Waals surface area contributed by atoms with Crippen molar-refractivity contribution in [1.82, 2.24) is 10.2 Å². The van der Waals surface area contributed by atoms with Crippen molar-refractivity contribution in [3.63, 3.8) is 0 Å². The van der Waals surface area contributed by atoms with Crippen LogP contribution in [0.2, 0.25) is 0 Å². The molecule has 0 aliphatic heterocycles. The van der Waals surface area contributed by atoms with Crippen LogP contribution >= 0.6 is 0 Å². The summed E-state index contributed by atoms with van der Waals surface area (Å²) in [6.07, 6.45) is 0.930. The molecule has 0 aliphatic carbocycles. The van der Waals surface area contributed by atoms with Crippen LogP contribution in [0.25, 0.3) is 11.3 Å². The summed E-state index contributed by atoms with van der Waals surface area (Å²) in [5.74, 6) is -2.08. The molecule has 3 aromatic rings. The van der Waals surface area contributed by atoms with Crippen LogP contribution < -0.4 is 13.6 Å². The number of aromatic amines is 1. The third-order valence-corrected chi connectivity index (χ3v) is 4.69. The summed E-state index contributed by atoms with van der Waals surface area (Å²) < 4.78 is 96.0. The van der Waals surface area contributed by atoms with Crippen molar-refractivity contribution < 1.29 is 38.4 Å². The zero-order valence-corrected chi connectivity index (χ0v) is 17.2. The second-order valence-corrected chi connectivity index (χ2v) is 8.90. The molecule has 166 valence electrons. The van der Waals surface area contributed by atoms with Crippen molar-refractivity contribution in [2.45, 2.75) is 6.61 Å². The summed E-state index contributed by atoms with van der Waals surface area (Å²) in [4.78, 5) is 0. The van der Waals surface area contributed by atoms with E-state index in [-0.39, 0.29) is 34.1 Å². The lowest BCUT2D eigenvalue weighted by Gasteiger charge is -2.10. The van der Waals surface area contributed by atoms with E-state index in [2.05, 4.69) is 19.1 Å². The standard InChI is InChI=1S/C17H14F3N3O6S2/c1-30(24,25)23-17-8-16(21-22-17)10-6-14(18)13(15(19)7-10)9-28-11-2-4-12(5-3-11)29-31(20,26)27/h2-8H,9H2,1H3,(H2,21,22,23). The van der Waals surface area contributed by atoms with Gasteiger partial charge in [-0.1, -0.05) is 3.89 Å². The fourth-order valence-corrected chi connectivity index (χ4v) is 3.30. The summed E-state index contributed by atoms with van der Waals surface area (Å²) in [6, 6.07) is 7.96. The van der Waals surface area contributed by atoms with E-state index in [1.165, 1.54) is 18.2 Å². The Morgan fingerprint density at radius 2 is 1.58 bits per heavy atom. The lowest BCUT2D eigenvalue weighted by atomic mass is 10.1. The second-order valence-electron chi connectivity index (χ2n) is 6.20. The van der Waals surface area contributed by atoms with E-state index in [1.807, 2.05) is 0 Å². The Bertz CT molecular complexity index is 1290. The van der Waals surface area contributed by atoms with Crippen LogP contribution in [0.5, 0.6) is 11.5 Å². The fraction of sp³-hybridized carbons (Fsp3) is 0.118. The van der Waals surface area contributed by atoms with Crippen LogP contribution in [0.15, 0.2) is 42.5 Å². The molecule has 2 N–H and O–H groups in total. The lowest BCUT2D eigenvalue weighted by Crippen LogP contribution is -2.09. The normalized spacial score (nSPS) is 11.9. The van der Waals surface area contributed by atoms with Gasteiger partial charge in [-0.3, -0.25) is 9.82 Å². The minimum atomic E-state index is -5.17. The van der Waals surface area contributed by atoms with Gasteiger partial charge in [-0.05, 0) is 36.4 Å². The monoisotopic (exact) mass is 477 g/mol. The Morgan fingerprint density at radius 3 is 2.13 bits per heavy atom. The van der Waals surface area contributed by atoms with Crippen molar-refractivity contribution in [2.75, 3.05) is 11.0 Å². The van der Waals surface area contributed by atoms with Gasteiger partial charge in [-0.25, -0.2) is 17.2 Å². The number of anilines is 1. The number of aromatic nitrogens is 2. The van der Waals surface area contributed by atoms with Gasteiger partial charge in [0, 0.05) is 11.6 Å². The van der Waals surface area contributed by atoms with Gasteiger partial charge < -0.3 is 8.92 Å². The average Bonchev–Trinajstić information content (AvgIpc) is 3.07. The van der Waals surface area contributed by atoms with E-state index in [0.717, 1.165) is 30.5 Å². The van der Waals surface area contributed by atoms with Gasteiger partial charge in [0.25, 0.3) is 0 Å². The maximum atomic E-state index is 14.4. The molecule has 0 saturated heterocycles. The molecule has 0 atom stereocenters. The highest BCUT2D eigenvalue weighted by Crippen LogP contribution is 2.26. The van der Waals surface area contributed by atoms with Crippen LogP contribution in [0.3, 0.4) is 0 Å². The first kappa shape index (κ1) is 22.4. The zero-order valence-electron chi connectivity index (χ0n) is 15.6. The molecule has 0 fully saturated rings. The number of hydrogen-bond donors (Lipinski definition) is 2. The molecule has 0 bridgehead atoms. The highest BCUT2D eigenvalue weighted by molar-refractivity contribution is 7.92. The number of sulfonamides is 1.